The molecule has 1 unspecified atom stereocenters. The molecule has 4 N–H and O–H groups in total. The SMILES string of the molecule is CCn1c(C(C)[C@@H]2CCCN2C(=O)Cc2ccccc2NS(C)(=O)=O)cc2ccc(C(=N)N)cc21. The third-order valence-corrected chi connectivity index (χ3v) is 7.47. The second kappa shape index (κ2) is 9.73. The molecule has 0 saturated carbocycles. The number of likely N-dealkylation sites (tertiary alicyclic amines) is 1. The number of nitrogens with two attached hydrogens (primary N) is 1. The molecule has 4 rings (SSSR count). The first-order valence-corrected chi connectivity index (χ1v) is 13.8. The quantitative estimate of drug-likeness (QED) is 0.326. The molecule has 1 saturated heterocycles. The molecule has 1 amide bonds. The second-order valence-electron chi connectivity index (χ2n) is 9.29. The summed E-state index contributed by atoms with van der Waals surface area (Å²) in [6.45, 7) is 5.73. The molecule has 186 valence electrons. The fourth-order valence-electron chi connectivity index (χ4n) is 5.23. The third kappa shape index (κ3) is 5.19. The first kappa shape index (κ1) is 24.8. The predicted octanol–water partition coefficient (Wildman–Crippen LogP) is 3.65. The number of nitrogens with zero attached hydrogens (tertiary/aromatic N) is 2. The molecule has 1 fully saturated rings. The van der Waals surface area contributed by atoms with E-state index in [0.29, 0.717) is 23.4 Å². The number of rotatable bonds is 8. The van der Waals surface area contributed by atoms with E-state index in [1.54, 1.807) is 18.2 Å². The topological polar surface area (TPSA) is 121 Å². The number of carbonyl (C=O) groups is 1. The Morgan fingerprint density at radius 2 is 1.97 bits per heavy atom. The van der Waals surface area contributed by atoms with Gasteiger partial charge < -0.3 is 15.2 Å². The fourth-order valence-corrected chi connectivity index (χ4v) is 5.83. The van der Waals surface area contributed by atoms with Crippen molar-refractivity contribution in [3.63, 3.8) is 0 Å². The number of anilines is 1. The van der Waals surface area contributed by atoms with Crippen LogP contribution in [0.2, 0.25) is 0 Å². The summed E-state index contributed by atoms with van der Waals surface area (Å²) in [6, 6.07) is 15.1. The Balaban J connectivity index is 1.60. The number of carbonyl (C=O) groups excluding carboxylic acids is 1. The lowest BCUT2D eigenvalue weighted by atomic mass is 9.95. The van der Waals surface area contributed by atoms with E-state index >= 15 is 0 Å². The minimum absolute atomic E-state index is 0.000117. The molecule has 1 aliphatic rings. The van der Waals surface area contributed by atoms with Crippen LogP contribution in [0.5, 0.6) is 0 Å². The molecule has 8 nitrogen and oxygen atoms in total. The average molecular weight is 496 g/mol. The second-order valence-corrected chi connectivity index (χ2v) is 11.0. The van der Waals surface area contributed by atoms with Crippen LogP contribution in [0.1, 0.15) is 49.4 Å². The summed E-state index contributed by atoms with van der Waals surface area (Å²) in [4.78, 5) is 15.4. The minimum Gasteiger partial charge on any atom is -0.384 e. The molecule has 3 aromatic rings. The normalized spacial score (nSPS) is 17.0. The van der Waals surface area contributed by atoms with Crippen molar-refractivity contribution in [1.82, 2.24) is 9.47 Å². The summed E-state index contributed by atoms with van der Waals surface area (Å²) in [5.41, 5.74) is 9.72. The van der Waals surface area contributed by atoms with Crippen LogP contribution in [0, 0.1) is 5.41 Å². The number of amides is 1. The third-order valence-electron chi connectivity index (χ3n) is 6.88. The molecule has 1 aromatic heterocycles. The Labute approximate surface area is 206 Å². The van der Waals surface area contributed by atoms with E-state index in [4.69, 9.17) is 11.1 Å². The van der Waals surface area contributed by atoms with Crippen LogP contribution < -0.4 is 10.5 Å². The summed E-state index contributed by atoms with van der Waals surface area (Å²) in [6.07, 6.45) is 3.10. The monoisotopic (exact) mass is 495 g/mol. The van der Waals surface area contributed by atoms with Crippen molar-refractivity contribution in [3.8, 4) is 0 Å². The van der Waals surface area contributed by atoms with E-state index in [1.165, 1.54) is 0 Å². The van der Waals surface area contributed by atoms with Crippen molar-refractivity contribution in [2.75, 3.05) is 17.5 Å². The van der Waals surface area contributed by atoms with E-state index in [9.17, 15) is 13.2 Å². The Hall–Kier alpha value is -3.33. The molecule has 2 atom stereocenters. The molecule has 35 heavy (non-hydrogen) atoms. The lowest BCUT2D eigenvalue weighted by Crippen LogP contribution is -2.40. The summed E-state index contributed by atoms with van der Waals surface area (Å²) in [7, 11) is -3.44. The lowest BCUT2D eigenvalue weighted by Gasteiger charge is -2.31. The van der Waals surface area contributed by atoms with Crippen molar-refractivity contribution in [1.29, 1.82) is 5.41 Å². The summed E-state index contributed by atoms with van der Waals surface area (Å²) in [5, 5.41) is 8.87. The Morgan fingerprint density at radius 3 is 2.66 bits per heavy atom. The molecule has 2 heterocycles. The number of amidine groups is 1. The summed E-state index contributed by atoms with van der Waals surface area (Å²) < 4.78 is 28.3. The van der Waals surface area contributed by atoms with Crippen molar-refractivity contribution in [2.24, 2.45) is 5.73 Å². The predicted molar refractivity (Wildman–Crippen MR) is 140 cm³/mol. The standard InChI is InChI=1S/C26H33N5O3S/c1-4-30-23(14-19-11-12-20(26(27)28)15-24(19)30)17(2)22-10-7-13-31(22)25(32)16-18-8-5-6-9-21(18)29-35(3,33)34/h5-6,8-9,11-12,14-15,17,22,29H,4,7,10,13,16H2,1-3H3,(H3,27,28)/t17?,22-/m0/s1. The first-order chi connectivity index (χ1) is 16.6. The van der Waals surface area contributed by atoms with Gasteiger partial charge in [-0.1, -0.05) is 37.3 Å². The minimum atomic E-state index is -3.44. The van der Waals surface area contributed by atoms with Gasteiger partial charge in [-0.2, -0.15) is 0 Å². The number of benzene rings is 2. The van der Waals surface area contributed by atoms with E-state index in [1.807, 2.05) is 29.2 Å². The number of para-hydroxylation sites is 1. The molecule has 0 bridgehead atoms. The van der Waals surface area contributed by atoms with Gasteiger partial charge in [0.25, 0.3) is 0 Å². The van der Waals surface area contributed by atoms with Crippen LogP contribution in [-0.2, 0) is 27.8 Å². The summed E-state index contributed by atoms with van der Waals surface area (Å²) >= 11 is 0. The highest BCUT2D eigenvalue weighted by Crippen LogP contribution is 2.35. The van der Waals surface area contributed by atoms with Crippen molar-refractivity contribution < 1.29 is 13.2 Å². The van der Waals surface area contributed by atoms with Gasteiger partial charge in [0.1, 0.15) is 5.84 Å². The van der Waals surface area contributed by atoms with Crippen molar-refractivity contribution in [3.05, 3.63) is 65.4 Å². The van der Waals surface area contributed by atoms with E-state index in [2.05, 4.69) is 29.2 Å². The maximum atomic E-state index is 13.4. The molecule has 2 aromatic carbocycles. The van der Waals surface area contributed by atoms with Crippen LogP contribution >= 0.6 is 0 Å². The molecule has 0 spiro atoms. The zero-order valence-electron chi connectivity index (χ0n) is 20.4. The van der Waals surface area contributed by atoms with E-state index in [0.717, 1.165) is 42.2 Å². The van der Waals surface area contributed by atoms with Gasteiger partial charge in [0.05, 0.1) is 18.4 Å². The number of hydrogen-bond acceptors (Lipinski definition) is 4. The van der Waals surface area contributed by atoms with Crippen LogP contribution in [0.15, 0.2) is 48.5 Å². The molecule has 0 radical (unpaired) electrons. The Kier molecular flexibility index (Phi) is 6.89. The first-order valence-electron chi connectivity index (χ1n) is 11.9. The van der Waals surface area contributed by atoms with Gasteiger partial charge in [-0.3, -0.25) is 14.9 Å². The number of sulfonamides is 1. The van der Waals surface area contributed by atoms with Crippen molar-refractivity contribution >= 4 is 38.4 Å². The number of aryl methyl sites for hydroxylation is 1. The summed E-state index contributed by atoms with van der Waals surface area (Å²) in [5.74, 6) is 0.155. The highest BCUT2D eigenvalue weighted by atomic mass is 32.2. The zero-order chi connectivity index (χ0) is 25.3. The molecule has 0 aliphatic carbocycles. The van der Waals surface area contributed by atoms with Crippen LogP contribution in [0.25, 0.3) is 10.9 Å². The Morgan fingerprint density at radius 1 is 1.23 bits per heavy atom. The average Bonchev–Trinajstić information content (AvgIpc) is 3.43. The highest BCUT2D eigenvalue weighted by Gasteiger charge is 2.35. The van der Waals surface area contributed by atoms with Gasteiger partial charge in [-0.05, 0) is 48.9 Å². The van der Waals surface area contributed by atoms with Gasteiger partial charge in [0, 0.05) is 41.8 Å². The number of aromatic nitrogens is 1. The smallest absolute Gasteiger partial charge is 0.229 e. The maximum Gasteiger partial charge on any atom is 0.229 e. The van der Waals surface area contributed by atoms with Gasteiger partial charge in [-0.15, -0.1) is 0 Å². The maximum absolute atomic E-state index is 13.4. The van der Waals surface area contributed by atoms with Gasteiger partial charge in [0.2, 0.25) is 15.9 Å². The zero-order valence-corrected chi connectivity index (χ0v) is 21.2. The number of nitrogens with one attached hydrogen (secondary N) is 2. The van der Waals surface area contributed by atoms with Crippen molar-refractivity contribution in [2.45, 2.75) is 51.6 Å². The largest absolute Gasteiger partial charge is 0.384 e. The Bertz CT molecular complexity index is 1380. The lowest BCUT2D eigenvalue weighted by molar-refractivity contribution is -0.131. The van der Waals surface area contributed by atoms with Gasteiger partial charge in [0.15, 0.2) is 0 Å². The number of nitrogen functional groups attached to an aromatic ring is 1. The van der Waals surface area contributed by atoms with E-state index < -0.39 is 10.0 Å². The van der Waals surface area contributed by atoms with Gasteiger partial charge in [-0.25, -0.2) is 8.42 Å². The van der Waals surface area contributed by atoms with Crippen LogP contribution in [0.4, 0.5) is 5.69 Å². The highest BCUT2D eigenvalue weighted by molar-refractivity contribution is 7.92. The molecule has 9 heteroatoms. The number of fused-ring (bicyclic) bond motifs is 1. The van der Waals surface area contributed by atoms with Crippen LogP contribution in [0.3, 0.4) is 0 Å². The molecule has 1 aliphatic heterocycles. The molecular formula is C26H33N5O3S. The molecular weight excluding hydrogens is 462 g/mol. The fraction of sp³-hybridized carbons (Fsp3) is 0.385. The van der Waals surface area contributed by atoms with E-state index in [-0.39, 0.29) is 30.1 Å². The number of hydrogen-bond donors (Lipinski definition) is 3. The van der Waals surface area contributed by atoms with Crippen LogP contribution in [-0.4, -0.2) is 48.5 Å². The van der Waals surface area contributed by atoms with Gasteiger partial charge >= 0.3 is 0 Å².